The summed E-state index contributed by atoms with van der Waals surface area (Å²) in [7, 11) is 0. The van der Waals surface area contributed by atoms with Gasteiger partial charge < -0.3 is 10.4 Å². The van der Waals surface area contributed by atoms with Crippen LogP contribution in [0.5, 0.6) is 0 Å². The van der Waals surface area contributed by atoms with Crippen LogP contribution < -0.4 is 5.32 Å². The topological polar surface area (TPSA) is 75.1 Å². The number of aromatic carboxylic acids is 1. The lowest BCUT2D eigenvalue weighted by Crippen LogP contribution is -2.08. The number of nitrogens with one attached hydrogen (secondary N) is 1. The van der Waals surface area contributed by atoms with Gasteiger partial charge in [0.1, 0.15) is 11.6 Å². The van der Waals surface area contributed by atoms with E-state index in [0.29, 0.717) is 18.8 Å². The van der Waals surface area contributed by atoms with E-state index in [4.69, 9.17) is 5.11 Å². The van der Waals surface area contributed by atoms with Crippen molar-refractivity contribution in [2.45, 2.75) is 6.42 Å². The van der Waals surface area contributed by atoms with E-state index in [9.17, 15) is 9.18 Å². The molecule has 2 rings (SSSR count). The van der Waals surface area contributed by atoms with Crippen molar-refractivity contribution in [2.75, 3.05) is 11.9 Å². The summed E-state index contributed by atoms with van der Waals surface area (Å²) in [5.74, 6) is -0.857. The van der Waals surface area contributed by atoms with Crippen LogP contribution in [0, 0.1) is 5.82 Å². The van der Waals surface area contributed by atoms with Gasteiger partial charge in [-0.1, -0.05) is 12.1 Å². The van der Waals surface area contributed by atoms with Crippen molar-refractivity contribution in [3.05, 3.63) is 53.7 Å². The van der Waals surface area contributed by atoms with Gasteiger partial charge >= 0.3 is 5.97 Å². The molecule has 0 bridgehead atoms. The predicted molar refractivity (Wildman–Crippen MR) is 67.6 cm³/mol. The number of nitrogens with zero attached hydrogens (tertiary/aromatic N) is 2. The number of carboxylic acids is 1. The first-order chi connectivity index (χ1) is 9.15. The minimum absolute atomic E-state index is 0.0934. The third-order valence-electron chi connectivity index (χ3n) is 2.50. The molecule has 0 aliphatic rings. The van der Waals surface area contributed by atoms with Crippen molar-refractivity contribution in [2.24, 2.45) is 0 Å². The lowest BCUT2D eigenvalue weighted by atomic mass is 10.1. The molecule has 0 amide bonds. The average molecular weight is 261 g/mol. The number of rotatable bonds is 5. The van der Waals surface area contributed by atoms with Gasteiger partial charge in [0, 0.05) is 6.54 Å². The molecule has 5 nitrogen and oxygen atoms in total. The summed E-state index contributed by atoms with van der Waals surface area (Å²) in [6.07, 6.45) is 3.28. The van der Waals surface area contributed by atoms with Gasteiger partial charge in [0.05, 0.1) is 12.4 Å². The fourth-order valence-electron chi connectivity index (χ4n) is 1.52. The van der Waals surface area contributed by atoms with Crippen LogP contribution in [0.25, 0.3) is 0 Å². The predicted octanol–water partition coefficient (Wildman–Crippen LogP) is 1.97. The molecule has 1 aromatic carbocycles. The second kappa shape index (κ2) is 5.90. The first kappa shape index (κ1) is 12.9. The van der Waals surface area contributed by atoms with E-state index in [-0.39, 0.29) is 11.5 Å². The van der Waals surface area contributed by atoms with Crippen LogP contribution in [0.2, 0.25) is 0 Å². The summed E-state index contributed by atoms with van der Waals surface area (Å²) in [5, 5.41) is 11.7. The van der Waals surface area contributed by atoms with Crippen LogP contribution in [0.4, 0.5) is 10.2 Å². The van der Waals surface area contributed by atoms with Crippen LogP contribution in [0.1, 0.15) is 16.1 Å². The summed E-state index contributed by atoms with van der Waals surface area (Å²) in [6.45, 7) is 0.604. The lowest BCUT2D eigenvalue weighted by molar-refractivity contribution is 0.0690. The summed E-state index contributed by atoms with van der Waals surface area (Å²) >= 11 is 0. The monoisotopic (exact) mass is 261 g/mol. The molecule has 0 saturated carbocycles. The van der Waals surface area contributed by atoms with Crippen molar-refractivity contribution in [1.29, 1.82) is 0 Å². The van der Waals surface area contributed by atoms with Crippen molar-refractivity contribution in [1.82, 2.24) is 9.97 Å². The Morgan fingerprint density at radius 3 is 2.53 bits per heavy atom. The quantitative estimate of drug-likeness (QED) is 0.860. The SMILES string of the molecule is O=C(O)c1cnc(NCCc2ccc(F)cc2)cn1. The Hall–Kier alpha value is -2.50. The summed E-state index contributed by atoms with van der Waals surface area (Å²) < 4.78 is 12.7. The Morgan fingerprint density at radius 2 is 1.95 bits per heavy atom. The zero-order valence-electron chi connectivity index (χ0n) is 10.0. The Morgan fingerprint density at radius 1 is 1.21 bits per heavy atom. The van der Waals surface area contributed by atoms with Gasteiger partial charge in [-0.25, -0.2) is 19.2 Å². The number of benzene rings is 1. The molecule has 19 heavy (non-hydrogen) atoms. The molecule has 0 fully saturated rings. The van der Waals surface area contributed by atoms with Crippen LogP contribution in [0.15, 0.2) is 36.7 Å². The molecule has 1 heterocycles. The van der Waals surface area contributed by atoms with Crippen molar-refractivity contribution >= 4 is 11.8 Å². The molecule has 0 atom stereocenters. The number of hydrogen-bond acceptors (Lipinski definition) is 4. The number of anilines is 1. The standard InChI is InChI=1S/C13H12FN3O2/c14-10-3-1-9(2-4-10)5-6-15-12-8-16-11(7-17-12)13(18)19/h1-4,7-8H,5-6H2,(H,15,17)(H,18,19). The van der Waals surface area contributed by atoms with Gasteiger partial charge in [-0.05, 0) is 24.1 Å². The second-order valence-corrected chi connectivity index (χ2v) is 3.90. The number of carbonyl (C=O) groups is 1. The molecule has 1 aromatic heterocycles. The van der Waals surface area contributed by atoms with Gasteiger partial charge in [-0.2, -0.15) is 0 Å². The highest BCUT2D eigenvalue weighted by Gasteiger charge is 2.04. The van der Waals surface area contributed by atoms with E-state index in [1.807, 2.05) is 0 Å². The molecule has 0 aliphatic heterocycles. The molecule has 0 spiro atoms. The van der Waals surface area contributed by atoms with E-state index in [1.54, 1.807) is 12.1 Å². The largest absolute Gasteiger partial charge is 0.476 e. The number of carboxylic acid groups (broad SMARTS) is 1. The normalized spacial score (nSPS) is 10.2. The minimum Gasteiger partial charge on any atom is -0.476 e. The number of halogens is 1. The highest BCUT2D eigenvalue weighted by atomic mass is 19.1. The van der Waals surface area contributed by atoms with Gasteiger partial charge in [0.15, 0.2) is 5.69 Å². The second-order valence-electron chi connectivity index (χ2n) is 3.90. The highest BCUT2D eigenvalue weighted by molar-refractivity contribution is 5.84. The van der Waals surface area contributed by atoms with Gasteiger partial charge in [0.25, 0.3) is 0 Å². The Bertz CT molecular complexity index is 555. The Balaban J connectivity index is 1.85. The maximum absolute atomic E-state index is 12.7. The summed E-state index contributed by atoms with van der Waals surface area (Å²) in [6, 6.07) is 6.26. The fraction of sp³-hybridized carbons (Fsp3) is 0.154. The number of aromatic nitrogens is 2. The molecule has 6 heteroatoms. The first-order valence-electron chi connectivity index (χ1n) is 5.69. The lowest BCUT2D eigenvalue weighted by Gasteiger charge is -2.05. The van der Waals surface area contributed by atoms with Crippen LogP contribution in [-0.4, -0.2) is 27.6 Å². The highest BCUT2D eigenvalue weighted by Crippen LogP contribution is 2.05. The van der Waals surface area contributed by atoms with E-state index < -0.39 is 5.97 Å². The van der Waals surface area contributed by atoms with Crippen molar-refractivity contribution in [3.8, 4) is 0 Å². The molecule has 0 unspecified atom stereocenters. The summed E-state index contributed by atoms with van der Waals surface area (Å²) in [4.78, 5) is 18.3. The van der Waals surface area contributed by atoms with Crippen LogP contribution in [-0.2, 0) is 6.42 Å². The maximum atomic E-state index is 12.7. The molecule has 98 valence electrons. The first-order valence-corrected chi connectivity index (χ1v) is 5.69. The zero-order valence-corrected chi connectivity index (χ0v) is 10.0. The van der Waals surface area contributed by atoms with Gasteiger partial charge in [0.2, 0.25) is 0 Å². The van der Waals surface area contributed by atoms with Crippen molar-refractivity contribution in [3.63, 3.8) is 0 Å². The fourth-order valence-corrected chi connectivity index (χ4v) is 1.52. The zero-order chi connectivity index (χ0) is 13.7. The molecular formula is C13H12FN3O2. The molecule has 0 aliphatic carbocycles. The molecular weight excluding hydrogens is 249 g/mol. The molecule has 2 aromatic rings. The Labute approximate surface area is 109 Å². The minimum atomic E-state index is -1.11. The van der Waals surface area contributed by atoms with E-state index in [1.165, 1.54) is 24.5 Å². The van der Waals surface area contributed by atoms with Gasteiger partial charge in [-0.15, -0.1) is 0 Å². The van der Waals surface area contributed by atoms with E-state index in [0.717, 1.165) is 5.56 Å². The van der Waals surface area contributed by atoms with Gasteiger partial charge in [-0.3, -0.25) is 0 Å². The van der Waals surface area contributed by atoms with E-state index in [2.05, 4.69) is 15.3 Å². The molecule has 0 radical (unpaired) electrons. The van der Waals surface area contributed by atoms with E-state index >= 15 is 0 Å². The Kier molecular flexibility index (Phi) is 4.02. The summed E-state index contributed by atoms with van der Waals surface area (Å²) in [5.41, 5.74) is 0.910. The van der Waals surface area contributed by atoms with Crippen molar-refractivity contribution < 1.29 is 14.3 Å². The maximum Gasteiger partial charge on any atom is 0.356 e. The molecule has 0 saturated heterocycles. The van der Waals surface area contributed by atoms with Crippen LogP contribution in [0.3, 0.4) is 0 Å². The third-order valence-corrected chi connectivity index (χ3v) is 2.50. The third kappa shape index (κ3) is 3.74. The molecule has 2 N–H and O–H groups in total. The average Bonchev–Trinajstić information content (AvgIpc) is 2.41. The van der Waals surface area contributed by atoms with Crippen LogP contribution >= 0.6 is 0 Å². The smallest absolute Gasteiger partial charge is 0.356 e. The number of hydrogen-bond donors (Lipinski definition) is 2.